The summed E-state index contributed by atoms with van der Waals surface area (Å²) in [6, 6.07) is 20.7. The molecular weight excluding hydrogens is 743 g/mol. The molecule has 2 atom stereocenters. The summed E-state index contributed by atoms with van der Waals surface area (Å²) < 4.78 is 30.2. The van der Waals surface area contributed by atoms with Crippen LogP contribution in [0.5, 0.6) is 0 Å². The highest BCUT2D eigenvalue weighted by Crippen LogP contribution is 2.37. The Hall–Kier alpha value is -6.18. The summed E-state index contributed by atoms with van der Waals surface area (Å²) in [4.78, 5) is 58.5. The second-order valence-electron chi connectivity index (χ2n) is 15.4. The monoisotopic (exact) mass is 788 g/mol. The predicted octanol–water partition coefficient (Wildman–Crippen LogP) is 5.88. The Morgan fingerprint density at radius 2 is 1.62 bits per heavy atom. The normalized spacial score (nSPS) is 18.7. The molecule has 4 amide bonds. The van der Waals surface area contributed by atoms with E-state index in [-0.39, 0.29) is 29.7 Å². The Morgan fingerprint density at radius 1 is 0.862 bits per heavy atom. The molecular formula is C44H46F2N8O4. The van der Waals surface area contributed by atoms with Crippen LogP contribution < -0.4 is 20.9 Å². The zero-order valence-electron chi connectivity index (χ0n) is 32.1. The van der Waals surface area contributed by atoms with E-state index < -0.39 is 17.7 Å². The number of aromatic nitrogens is 3. The number of piperidine rings is 2. The lowest BCUT2D eigenvalue weighted by Gasteiger charge is -2.32. The molecule has 5 heterocycles. The van der Waals surface area contributed by atoms with Crippen LogP contribution in [0, 0.1) is 11.6 Å². The number of nitrogens with zero attached hydrogens (tertiary/aromatic N) is 5. The maximum atomic E-state index is 14.7. The van der Waals surface area contributed by atoms with Crippen LogP contribution in [0.4, 0.5) is 20.3 Å². The summed E-state index contributed by atoms with van der Waals surface area (Å²) in [5.41, 5.74) is 5.21. The number of amides is 4. The molecule has 0 bridgehead atoms. The minimum atomic E-state index is -0.487. The van der Waals surface area contributed by atoms with Gasteiger partial charge in [-0.05, 0) is 104 Å². The molecule has 300 valence electrons. The van der Waals surface area contributed by atoms with Gasteiger partial charge in [0.2, 0.25) is 17.7 Å². The molecule has 14 heteroatoms. The van der Waals surface area contributed by atoms with E-state index in [1.165, 1.54) is 22.3 Å². The van der Waals surface area contributed by atoms with Crippen LogP contribution in [0.15, 0.2) is 85.2 Å². The summed E-state index contributed by atoms with van der Waals surface area (Å²) in [6.07, 6.45) is 8.97. The third kappa shape index (κ3) is 8.70. The van der Waals surface area contributed by atoms with Crippen LogP contribution in [0.1, 0.15) is 89.5 Å². The molecule has 58 heavy (non-hydrogen) atoms. The fourth-order valence-electron chi connectivity index (χ4n) is 8.36. The Morgan fingerprint density at radius 3 is 2.38 bits per heavy atom. The number of halogens is 2. The predicted molar refractivity (Wildman–Crippen MR) is 214 cm³/mol. The first-order valence-electron chi connectivity index (χ1n) is 20.1. The zero-order chi connectivity index (χ0) is 40.2. The van der Waals surface area contributed by atoms with Gasteiger partial charge in [-0.25, -0.2) is 18.3 Å². The van der Waals surface area contributed by atoms with Crippen molar-refractivity contribution in [3.63, 3.8) is 0 Å². The highest BCUT2D eigenvalue weighted by molar-refractivity contribution is 6.01. The van der Waals surface area contributed by atoms with Gasteiger partial charge in [0.1, 0.15) is 29.1 Å². The van der Waals surface area contributed by atoms with Crippen molar-refractivity contribution in [3.05, 3.63) is 125 Å². The first-order chi connectivity index (χ1) is 28.2. The smallest absolute Gasteiger partial charge is 0.256 e. The lowest BCUT2D eigenvalue weighted by atomic mass is 9.89. The number of carbonyl (C=O) groups is 4. The molecule has 3 aliphatic heterocycles. The van der Waals surface area contributed by atoms with Crippen LogP contribution in [-0.2, 0) is 27.2 Å². The van der Waals surface area contributed by atoms with Crippen molar-refractivity contribution in [2.45, 2.75) is 75.8 Å². The number of hydrogen-bond donors (Lipinski definition) is 3. The van der Waals surface area contributed by atoms with E-state index in [2.05, 4.69) is 33.2 Å². The number of imide groups is 1. The zero-order valence-corrected chi connectivity index (χ0v) is 32.1. The van der Waals surface area contributed by atoms with E-state index in [0.29, 0.717) is 93.2 Å². The summed E-state index contributed by atoms with van der Waals surface area (Å²) in [5, 5.41) is 12.9. The first-order valence-corrected chi connectivity index (χ1v) is 20.1. The van der Waals surface area contributed by atoms with E-state index in [1.54, 1.807) is 12.3 Å². The van der Waals surface area contributed by atoms with Crippen LogP contribution in [0.3, 0.4) is 0 Å². The van der Waals surface area contributed by atoms with Crippen LogP contribution >= 0.6 is 0 Å². The largest absolute Gasteiger partial charge is 0.374 e. The standard InChI is InChI=1S/C44H46F2N8O4/c45-32-10-13-36(46)34(26-32)38-2-1-22-53(38)39-20-25-54-42(50-39)35(27-48-54)43(57)47-21-17-29-5-3-28(4-6-29)7-16-41(56)52-23-18-31(19-24-52)30-8-11-33(12-9-30)49-37-14-15-40(55)51-44(37)58/h3-6,8-13,20,25-27,31,37-38,49H,1-2,7,14-19,21-24H2,(H,47,57)(H,51,55,58). The van der Waals surface area contributed by atoms with Gasteiger partial charge >= 0.3 is 0 Å². The van der Waals surface area contributed by atoms with Crippen molar-refractivity contribution >= 4 is 40.8 Å². The van der Waals surface area contributed by atoms with Crippen LogP contribution in [0.25, 0.3) is 5.65 Å². The van der Waals surface area contributed by atoms with Crippen molar-refractivity contribution in [2.24, 2.45) is 0 Å². The van der Waals surface area contributed by atoms with Gasteiger partial charge in [0.05, 0.1) is 12.2 Å². The summed E-state index contributed by atoms with van der Waals surface area (Å²) in [7, 11) is 0. The summed E-state index contributed by atoms with van der Waals surface area (Å²) in [6.45, 7) is 2.46. The second kappa shape index (κ2) is 17.1. The molecule has 2 aromatic heterocycles. The molecule has 0 aliphatic carbocycles. The van der Waals surface area contributed by atoms with Crippen molar-refractivity contribution < 1.29 is 28.0 Å². The highest BCUT2D eigenvalue weighted by atomic mass is 19.1. The van der Waals surface area contributed by atoms with Crippen molar-refractivity contribution in [1.29, 1.82) is 0 Å². The molecule has 3 aromatic carbocycles. The molecule has 3 fully saturated rings. The maximum Gasteiger partial charge on any atom is 0.256 e. The van der Waals surface area contributed by atoms with Gasteiger partial charge in [-0.15, -0.1) is 0 Å². The van der Waals surface area contributed by atoms with Gasteiger partial charge in [-0.2, -0.15) is 5.10 Å². The molecule has 3 N–H and O–H groups in total. The lowest BCUT2D eigenvalue weighted by Crippen LogP contribution is -2.47. The number of carbonyl (C=O) groups excluding carboxylic acids is 4. The lowest BCUT2D eigenvalue weighted by molar-refractivity contribution is -0.134. The van der Waals surface area contributed by atoms with Gasteiger partial charge in [-0.3, -0.25) is 24.5 Å². The average molecular weight is 789 g/mol. The molecule has 3 aliphatic rings. The van der Waals surface area contributed by atoms with E-state index in [9.17, 15) is 28.0 Å². The number of likely N-dealkylation sites (tertiary alicyclic amines) is 1. The number of fused-ring (bicyclic) bond motifs is 1. The van der Waals surface area contributed by atoms with Crippen molar-refractivity contribution in [2.75, 3.05) is 36.4 Å². The Kier molecular flexibility index (Phi) is 11.4. The first kappa shape index (κ1) is 38.7. The van der Waals surface area contributed by atoms with E-state index in [4.69, 9.17) is 4.98 Å². The number of nitrogens with one attached hydrogen (secondary N) is 3. The molecule has 0 radical (unpaired) electrons. The van der Waals surface area contributed by atoms with Gasteiger partial charge in [0, 0.05) is 56.5 Å². The number of anilines is 2. The number of benzene rings is 3. The third-order valence-corrected chi connectivity index (χ3v) is 11.6. The number of hydrogen-bond acceptors (Lipinski definition) is 8. The molecule has 5 aromatic rings. The van der Waals surface area contributed by atoms with E-state index >= 15 is 0 Å². The topological polar surface area (TPSA) is 141 Å². The summed E-state index contributed by atoms with van der Waals surface area (Å²) in [5.74, 6) is -0.671. The minimum absolute atomic E-state index is 0.157. The highest BCUT2D eigenvalue weighted by Gasteiger charge is 2.31. The molecule has 0 spiro atoms. The van der Waals surface area contributed by atoms with Crippen LogP contribution in [0.2, 0.25) is 0 Å². The van der Waals surface area contributed by atoms with Crippen molar-refractivity contribution in [3.8, 4) is 0 Å². The van der Waals surface area contributed by atoms with Gasteiger partial charge < -0.3 is 20.4 Å². The fourth-order valence-corrected chi connectivity index (χ4v) is 8.36. The Labute approximate surface area is 335 Å². The van der Waals surface area contributed by atoms with Gasteiger partial charge in [0.15, 0.2) is 5.65 Å². The van der Waals surface area contributed by atoms with Crippen LogP contribution in [-0.4, -0.2) is 75.3 Å². The average Bonchev–Trinajstić information content (AvgIpc) is 3.90. The molecule has 2 unspecified atom stereocenters. The molecule has 0 saturated carbocycles. The minimum Gasteiger partial charge on any atom is -0.374 e. The summed E-state index contributed by atoms with van der Waals surface area (Å²) >= 11 is 0. The third-order valence-electron chi connectivity index (χ3n) is 11.6. The van der Waals surface area contributed by atoms with Gasteiger partial charge in [-0.1, -0.05) is 36.4 Å². The van der Waals surface area contributed by atoms with Gasteiger partial charge in [0.25, 0.3) is 5.91 Å². The molecule has 8 rings (SSSR count). The molecule has 12 nitrogen and oxygen atoms in total. The maximum absolute atomic E-state index is 14.7. The Bertz CT molecular complexity index is 2310. The molecule has 3 saturated heterocycles. The fraction of sp³-hybridized carbons (Fsp3) is 0.364. The second-order valence-corrected chi connectivity index (χ2v) is 15.4. The number of aryl methyl sites for hydroxylation is 1. The number of rotatable bonds is 12. The van der Waals surface area contributed by atoms with E-state index in [0.717, 1.165) is 48.2 Å². The quantitative estimate of drug-likeness (QED) is 0.133. The Balaban J connectivity index is 0.774. The van der Waals surface area contributed by atoms with E-state index in [1.807, 2.05) is 46.2 Å². The van der Waals surface area contributed by atoms with Crippen molar-refractivity contribution in [1.82, 2.24) is 30.1 Å². The SMILES string of the molecule is O=C1CCC(Nc2ccc(C3CCN(C(=O)CCc4ccc(CCNC(=O)c5cnn6ccc(N7CCCC7c7cc(F)ccc7F)nc56)cc4)CC3)cc2)C(=O)N1.